The molecule has 0 spiro atoms. The van der Waals surface area contributed by atoms with E-state index in [4.69, 9.17) is 9.84 Å². The number of rotatable bonds is 4. The fourth-order valence-corrected chi connectivity index (χ4v) is 1.54. The van der Waals surface area contributed by atoms with Gasteiger partial charge in [0.1, 0.15) is 0 Å². The van der Waals surface area contributed by atoms with Crippen LogP contribution < -0.4 is 5.32 Å². The van der Waals surface area contributed by atoms with E-state index in [-0.39, 0.29) is 18.7 Å². The number of hydrogen-bond acceptors (Lipinski definition) is 4. The zero-order valence-electron chi connectivity index (χ0n) is 9.97. The van der Waals surface area contributed by atoms with E-state index in [9.17, 15) is 14.7 Å². The fraction of sp³-hybridized carbons (Fsp3) is 0.800. The smallest absolute Gasteiger partial charge is 0.337 e. The number of nitrogens with one attached hydrogen (secondary N) is 1. The van der Waals surface area contributed by atoms with Crippen LogP contribution in [0.4, 0.5) is 4.79 Å². The molecule has 2 amide bonds. The van der Waals surface area contributed by atoms with Gasteiger partial charge in [-0.3, -0.25) is 0 Å². The van der Waals surface area contributed by atoms with E-state index in [0.717, 1.165) is 13.3 Å². The van der Waals surface area contributed by atoms with Crippen molar-refractivity contribution in [1.29, 1.82) is 0 Å². The Morgan fingerprint density at radius 1 is 1.59 bits per heavy atom. The molecule has 7 nitrogen and oxygen atoms in total. The molecule has 0 radical (unpaired) electrons. The molecule has 1 aliphatic rings. The number of ether oxygens (including phenoxy) is 1. The number of amides is 2. The zero-order chi connectivity index (χ0) is 13.1. The van der Waals surface area contributed by atoms with Crippen molar-refractivity contribution in [3.05, 3.63) is 0 Å². The van der Waals surface area contributed by atoms with Crippen LogP contribution in [0.2, 0.25) is 0 Å². The molecule has 7 heteroatoms. The monoisotopic (exact) mass is 246 g/mol. The summed E-state index contributed by atoms with van der Waals surface area (Å²) in [5, 5.41) is 20.5. The maximum absolute atomic E-state index is 11.6. The molecule has 0 saturated carbocycles. The molecule has 1 fully saturated rings. The highest BCUT2D eigenvalue weighted by atomic mass is 16.5. The predicted molar refractivity (Wildman–Crippen MR) is 58.6 cm³/mol. The second kappa shape index (κ2) is 5.33. The second-order valence-electron chi connectivity index (χ2n) is 4.33. The topological polar surface area (TPSA) is 99.1 Å². The number of nitrogens with zero attached hydrogens (tertiary/aromatic N) is 1. The first kappa shape index (κ1) is 13.7. The van der Waals surface area contributed by atoms with Crippen molar-refractivity contribution >= 4 is 12.0 Å². The Bertz CT molecular complexity index is 305. The molecule has 0 aliphatic carbocycles. The number of aliphatic carboxylic acids is 1. The van der Waals surface area contributed by atoms with Crippen LogP contribution >= 0.6 is 0 Å². The molecule has 2 unspecified atom stereocenters. The van der Waals surface area contributed by atoms with Gasteiger partial charge in [0.05, 0.1) is 12.6 Å². The SMILES string of the molecule is COC1CCN(C(=O)NCC(C)(O)C(=O)O)C1. The summed E-state index contributed by atoms with van der Waals surface area (Å²) in [5.74, 6) is -1.37. The molecule has 1 heterocycles. The van der Waals surface area contributed by atoms with Crippen molar-refractivity contribution in [2.75, 3.05) is 26.7 Å². The molecule has 3 N–H and O–H groups in total. The van der Waals surface area contributed by atoms with E-state index in [1.54, 1.807) is 7.11 Å². The van der Waals surface area contributed by atoms with Crippen LogP contribution in [0, 0.1) is 0 Å². The molecule has 0 aromatic heterocycles. The quantitative estimate of drug-likeness (QED) is 0.606. The number of methoxy groups -OCH3 is 1. The van der Waals surface area contributed by atoms with Crippen molar-refractivity contribution in [3.63, 3.8) is 0 Å². The van der Waals surface area contributed by atoms with E-state index in [1.807, 2.05) is 0 Å². The fourth-order valence-electron chi connectivity index (χ4n) is 1.54. The number of likely N-dealkylation sites (tertiary alicyclic amines) is 1. The molecule has 1 saturated heterocycles. The van der Waals surface area contributed by atoms with Crippen molar-refractivity contribution in [2.24, 2.45) is 0 Å². The van der Waals surface area contributed by atoms with Crippen LogP contribution in [0.25, 0.3) is 0 Å². The third-order valence-electron chi connectivity index (χ3n) is 2.81. The van der Waals surface area contributed by atoms with Crippen molar-refractivity contribution < 1.29 is 24.5 Å². The number of aliphatic hydroxyl groups is 1. The summed E-state index contributed by atoms with van der Waals surface area (Å²) in [6.45, 7) is 1.87. The molecule has 98 valence electrons. The normalized spacial score (nSPS) is 23.2. The minimum absolute atomic E-state index is 0.0285. The summed E-state index contributed by atoms with van der Waals surface area (Å²) in [6.07, 6.45) is 0.792. The van der Waals surface area contributed by atoms with Gasteiger partial charge in [-0.25, -0.2) is 9.59 Å². The highest BCUT2D eigenvalue weighted by Crippen LogP contribution is 2.11. The highest BCUT2D eigenvalue weighted by Gasteiger charge is 2.32. The molecule has 1 aliphatic heterocycles. The molecule has 0 aromatic rings. The lowest BCUT2D eigenvalue weighted by molar-refractivity contribution is -0.155. The number of carbonyl (C=O) groups excluding carboxylic acids is 1. The van der Waals surface area contributed by atoms with Gasteiger partial charge < -0.3 is 25.2 Å². The summed E-state index contributed by atoms with van der Waals surface area (Å²) in [6, 6.07) is -0.383. The van der Waals surface area contributed by atoms with E-state index in [0.29, 0.717) is 13.1 Å². The summed E-state index contributed by atoms with van der Waals surface area (Å²) >= 11 is 0. The molecule has 17 heavy (non-hydrogen) atoms. The van der Waals surface area contributed by atoms with Crippen molar-refractivity contribution in [3.8, 4) is 0 Å². The van der Waals surface area contributed by atoms with Gasteiger partial charge >= 0.3 is 12.0 Å². The Hall–Kier alpha value is -1.34. The molecular weight excluding hydrogens is 228 g/mol. The van der Waals surface area contributed by atoms with Crippen LogP contribution in [-0.2, 0) is 9.53 Å². The largest absolute Gasteiger partial charge is 0.479 e. The van der Waals surface area contributed by atoms with Gasteiger partial charge in [-0.2, -0.15) is 0 Å². The number of carboxylic acid groups (broad SMARTS) is 1. The highest BCUT2D eigenvalue weighted by molar-refractivity contribution is 5.79. The number of carboxylic acids is 1. The lowest BCUT2D eigenvalue weighted by Gasteiger charge is -2.22. The van der Waals surface area contributed by atoms with Gasteiger partial charge in [0, 0.05) is 20.2 Å². The van der Waals surface area contributed by atoms with Gasteiger partial charge in [0.15, 0.2) is 5.60 Å². The maximum atomic E-state index is 11.6. The minimum atomic E-state index is -1.95. The van der Waals surface area contributed by atoms with Gasteiger partial charge in [-0.05, 0) is 13.3 Å². The number of carbonyl (C=O) groups is 2. The van der Waals surface area contributed by atoms with E-state index in [2.05, 4.69) is 5.32 Å². The Labute approximate surface area is 99.4 Å². The van der Waals surface area contributed by atoms with Gasteiger partial charge in [-0.1, -0.05) is 0 Å². The van der Waals surface area contributed by atoms with Gasteiger partial charge in [0.25, 0.3) is 0 Å². The molecule has 2 atom stereocenters. The third kappa shape index (κ3) is 3.57. The lowest BCUT2D eigenvalue weighted by atomic mass is 10.1. The third-order valence-corrected chi connectivity index (χ3v) is 2.81. The molecule has 0 aromatic carbocycles. The molecule has 1 rings (SSSR count). The predicted octanol–water partition coefficient (Wildman–Crippen LogP) is -0.748. The zero-order valence-corrected chi connectivity index (χ0v) is 9.97. The summed E-state index contributed by atoms with van der Waals surface area (Å²) in [5.41, 5.74) is -1.95. The van der Waals surface area contributed by atoms with Crippen LogP contribution in [0.1, 0.15) is 13.3 Å². The Kier molecular flexibility index (Phi) is 4.30. The van der Waals surface area contributed by atoms with E-state index >= 15 is 0 Å². The lowest BCUT2D eigenvalue weighted by Crippen LogP contribution is -2.49. The standard InChI is InChI=1S/C10H18N2O5/c1-10(16,8(13)14)6-11-9(15)12-4-3-7(5-12)17-2/h7,16H,3-6H2,1-2H3,(H,11,15)(H,13,14). The van der Waals surface area contributed by atoms with Crippen molar-refractivity contribution in [2.45, 2.75) is 25.0 Å². The average molecular weight is 246 g/mol. The Balaban J connectivity index is 2.38. The maximum Gasteiger partial charge on any atom is 0.337 e. The number of urea groups is 1. The first-order valence-corrected chi connectivity index (χ1v) is 5.38. The minimum Gasteiger partial charge on any atom is -0.479 e. The van der Waals surface area contributed by atoms with Crippen LogP contribution in [0.5, 0.6) is 0 Å². The number of hydrogen-bond donors (Lipinski definition) is 3. The second-order valence-corrected chi connectivity index (χ2v) is 4.33. The summed E-state index contributed by atoms with van der Waals surface area (Å²) in [7, 11) is 1.58. The Morgan fingerprint density at radius 3 is 2.71 bits per heavy atom. The Morgan fingerprint density at radius 2 is 2.24 bits per heavy atom. The first-order chi connectivity index (χ1) is 7.86. The average Bonchev–Trinajstić information content (AvgIpc) is 2.74. The van der Waals surface area contributed by atoms with Crippen LogP contribution in [-0.4, -0.2) is 65.6 Å². The summed E-state index contributed by atoms with van der Waals surface area (Å²) in [4.78, 5) is 23.8. The van der Waals surface area contributed by atoms with Crippen LogP contribution in [0.3, 0.4) is 0 Å². The van der Waals surface area contributed by atoms with Crippen LogP contribution in [0.15, 0.2) is 0 Å². The van der Waals surface area contributed by atoms with Gasteiger partial charge in [0.2, 0.25) is 0 Å². The summed E-state index contributed by atoms with van der Waals surface area (Å²) < 4.78 is 5.11. The molecular formula is C10H18N2O5. The first-order valence-electron chi connectivity index (χ1n) is 5.38. The van der Waals surface area contributed by atoms with E-state index in [1.165, 1.54) is 4.90 Å². The van der Waals surface area contributed by atoms with Crippen molar-refractivity contribution in [1.82, 2.24) is 10.2 Å². The van der Waals surface area contributed by atoms with E-state index < -0.39 is 11.6 Å². The van der Waals surface area contributed by atoms with Gasteiger partial charge in [-0.15, -0.1) is 0 Å². The molecule has 0 bridgehead atoms.